The summed E-state index contributed by atoms with van der Waals surface area (Å²) >= 11 is 0. The molecule has 1 heteroatoms. The van der Waals surface area contributed by atoms with Crippen molar-refractivity contribution in [1.29, 1.82) is 0 Å². The van der Waals surface area contributed by atoms with E-state index in [9.17, 15) is 0 Å². The minimum atomic E-state index is 1.09. The first-order valence-electron chi connectivity index (χ1n) is 23.8. The Hall–Kier alpha value is -9.04. The first kappa shape index (κ1) is 40.3. The van der Waals surface area contributed by atoms with E-state index in [4.69, 9.17) is 0 Å². The predicted octanol–water partition coefficient (Wildman–Crippen LogP) is 19.3. The molecule has 13 aromatic rings. The van der Waals surface area contributed by atoms with Gasteiger partial charge >= 0.3 is 0 Å². The fourth-order valence-electron chi connectivity index (χ4n) is 10.8. The molecule has 0 N–H and O–H groups in total. The summed E-state index contributed by atoms with van der Waals surface area (Å²) < 4.78 is 0. The van der Waals surface area contributed by atoms with Crippen molar-refractivity contribution in [2.45, 2.75) is 0 Å². The zero-order valence-electron chi connectivity index (χ0n) is 37.9. The lowest BCUT2D eigenvalue weighted by atomic mass is 9.89. The van der Waals surface area contributed by atoms with E-state index in [0.717, 1.165) is 17.1 Å². The van der Waals surface area contributed by atoms with Gasteiger partial charge in [-0.15, -0.1) is 0 Å². The maximum Gasteiger partial charge on any atom is 0.0462 e. The van der Waals surface area contributed by atoms with Crippen LogP contribution in [0.25, 0.3) is 109 Å². The molecular formula is C68H45N. The van der Waals surface area contributed by atoms with Gasteiger partial charge in [-0.25, -0.2) is 0 Å². The average molecular weight is 876 g/mol. The van der Waals surface area contributed by atoms with Crippen LogP contribution in [0, 0.1) is 0 Å². The Morgan fingerprint density at radius 1 is 0.188 bits per heavy atom. The second-order valence-electron chi connectivity index (χ2n) is 18.0. The van der Waals surface area contributed by atoms with E-state index in [2.05, 4.69) is 278 Å². The van der Waals surface area contributed by atoms with Crippen LogP contribution in [0.5, 0.6) is 0 Å². The summed E-state index contributed by atoms with van der Waals surface area (Å²) in [6.45, 7) is 0. The molecule has 0 atom stereocenters. The SMILES string of the molecule is c1ccc(-c2c(-c3ccc(N(c4ccc(-c5ccc(-c6cccc7ccccc67)cc5)cc4)c4ccc(-c5cccc6c7ccccc7c7ccccc7c56)cc4)cc3)ccc3ccccc23)cc1. The molecular weight excluding hydrogens is 831 g/mol. The summed E-state index contributed by atoms with van der Waals surface area (Å²) in [5.74, 6) is 0. The van der Waals surface area contributed by atoms with Crippen molar-refractivity contribution in [2.75, 3.05) is 4.90 Å². The van der Waals surface area contributed by atoms with Crippen LogP contribution in [0.15, 0.2) is 273 Å². The third-order valence-corrected chi connectivity index (χ3v) is 14.1. The molecule has 0 spiro atoms. The summed E-state index contributed by atoms with van der Waals surface area (Å²) in [4.78, 5) is 2.38. The highest BCUT2D eigenvalue weighted by Crippen LogP contribution is 2.44. The van der Waals surface area contributed by atoms with Crippen LogP contribution in [0.2, 0.25) is 0 Å². The molecule has 0 unspecified atom stereocenters. The summed E-state index contributed by atoms with van der Waals surface area (Å²) in [7, 11) is 0. The van der Waals surface area contributed by atoms with Crippen LogP contribution >= 0.6 is 0 Å². The third kappa shape index (κ3) is 7.12. The number of rotatable bonds is 8. The van der Waals surface area contributed by atoms with Crippen LogP contribution in [-0.2, 0) is 0 Å². The normalized spacial score (nSPS) is 11.5. The zero-order chi connectivity index (χ0) is 45.7. The van der Waals surface area contributed by atoms with Crippen molar-refractivity contribution < 1.29 is 0 Å². The third-order valence-electron chi connectivity index (χ3n) is 14.1. The van der Waals surface area contributed by atoms with Crippen molar-refractivity contribution in [3.8, 4) is 55.6 Å². The number of nitrogens with zero attached hydrogens (tertiary/aromatic N) is 1. The molecule has 0 fully saturated rings. The van der Waals surface area contributed by atoms with E-state index in [1.807, 2.05) is 0 Å². The number of benzene rings is 13. The van der Waals surface area contributed by atoms with Gasteiger partial charge in [0, 0.05) is 17.1 Å². The van der Waals surface area contributed by atoms with E-state index < -0.39 is 0 Å². The highest BCUT2D eigenvalue weighted by Gasteiger charge is 2.18. The lowest BCUT2D eigenvalue weighted by molar-refractivity contribution is 1.28. The lowest BCUT2D eigenvalue weighted by Gasteiger charge is -2.26. The van der Waals surface area contributed by atoms with E-state index in [-0.39, 0.29) is 0 Å². The Labute approximate surface area is 402 Å². The van der Waals surface area contributed by atoms with Gasteiger partial charge in [-0.1, -0.05) is 237 Å². The van der Waals surface area contributed by atoms with Crippen molar-refractivity contribution in [2.24, 2.45) is 0 Å². The van der Waals surface area contributed by atoms with Gasteiger partial charge in [0.05, 0.1) is 0 Å². The van der Waals surface area contributed by atoms with Gasteiger partial charge in [0.2, 0.25) is 0 Å². The summed E-state index contributed by atoms with van der Waals surface area (Å²) in [6, 6.07) is 99.9. The van der Waals surface area contributed by atoms with Gasteiger partial charge < -0.3 is 4.90 Å². The van der Waals surface area contributed by atoms with E-state index in [1.165, 1.54) is 109 Å². The molecule has 13 rings (SSSR count). The monoisotopic (exact) mass is 875 g/mol. The topological polar surface area (TPSA) is 3.24 Å². The molecule has 0 aromatic heterocycles. The van der Waals surface area contributed by atoms with Crippen molar-refractivity contribution in [3.63, 3.8) is 0 Å². The molecule has 0 amide bonds. The van der Waals surface area contributed by atoms with Crippen LogP contribution in [-0.4, -0.2) is 0 Å². The summed E-state index contributed by atoms with van der Waals surface area (Å²) in [6.07, 6.45) is 0. The lowest BCUT2D eigenvalue weighted by Crippen LogP contribution is -2.09. The first-order valence-corrected chi connectivity index (χ1v) is 23.8. The number of fused-ring (bicyclic) bond motifs is 8. The molecule has 0 bridgehead atoms. The second kappa shape index (κ2) is 17.0. The molecule has 0 aliphatic heterocycles. The van der Waals surface area contributed by atoms with Crippen LogP contribution < -0.4 is 4.90 Å². The Morgan fingerprint density at radius 2 is 0.565 bits per heavy atom. The van der Waals surface area contributed by atoms with E-state index >= 15 is 0 Å². The summed E-state index contributed by atoms with van der Waals surface area (Å²) in [5, 5.41) is 12.7. The fourth-order valence-corrected chi connectivity index (χ4v) is 10.8. The van der Waals surface area contributed by atoms with E-state index in [0.29, 0.717) is 0 Å². The van der Waals surface area contributed by atoms with E-state index in [1.54, 1.807) is 0 Å². The molecule has 13 aromatic carbocycles. The fraction of sp³-hybridized carbons (Fsp3) is 0. The average Bonchev–Trinajstić information content (AvgIpc) is 3.43. The number of anilines is 3. The Bertz CT molecular complexity index is 3970. The maximum absolute atomic E-state index is 2.38. The van der Waals surface area contributed by atoms with Crippen molar-refractivity contribution >= 4 is 70.9 Å². The van der Waals surface area contributed by atoms with Crippen LogP contribution in [0.1, 0.15) is 0 Å². The molecule has 0 radical (unpaired) electrons. The smallest absolute Gasteiger partial charge is 0.0462 e. The molecule has 0 saturated carbocycles. The summed E-state index contributed by atoms with van der Waals surface area (Å²) in [5.41, 5.74) is 15.4. The quantitative estimate of drug-likeness (QED) is 0.138. The van der Waals surface area contributed by atoms with Gasteiger partial charge in [-0.3, -0.25) is 0 Å². The van der Waals surface area contributed by atoms with Gasteiger partial charge in [-0.2, -0.15) is 0 Å². The largest absolute Gasteiger partial charge is 0.311 e. The highest BCUT2D eigenvalue weighted by atomic mass is 15.1. The van der Waals surface area contributed by atoms with Gasteiger partial charge in [-0.05, 0) is 146 Å². The molecule has 0 saturated heterocycles. The zero-order valence-corrected chi connectivity index (χ0v) is 37.9. The number of hydrogen-bond acceptors (Lipinski definition) is 1. The van der Waals surface area contributed by atoms with Gasteiger partial charge in [0.15, 0.2) is 0 Å². The molecule has 0 heterocycles. The minimum absolute atomic E-state index is 1.09. The Morgan fingerprint density at radius 3 is 1.17 bits per heavy atom. The van der Waals surface area contributed by atoms with Gasteiger partial charge in [0.25, 0.3) is 0 Å². The maximum atomic E-state index is 2.38. The minimum Gasteiger partial charge on any atom is -0.311 e. The standard InChI is InChI=1S/C68H45N/c1-2-16-53(17-3-1)67-59-20-7-5-15-49(59)38-45-61(67)52-36-43-56(44-37-52)69(54-39-32-47(33-40-54)46-28-30-50(31-29-46)58-25-12-18-48-14-4-6-19-57(48)58)55-41-34-51(35-42-55)60-26-13-27-66-64-22-9-8-21-62(64)63-23-10-11-24-65(63)68(60)66/h1-45H. The molecule has 0 aliphatic rings. The van der Waals surface area contributed by atoms with Gasteiger partial charge in [0.1, 0.15) is 0 Å². The van der Waals surface area contributed by atoms with Crippen molar-refractivity contribution in [3.05, 3.63) is 273 Å². The first-order chi connectivity index (χ1) is 34.2. The van der Waals surface area contributed by atoms with Crippen LogP contribution in [0.3, 0.4) is 0 Å². The Balaban J connectivity index is 0.902. The predicted molar refractivity (Wildman–Crippen MR) is 296 cm³/mol. The molecule has 0 aliphatic carbocycles. The van der Waals surface area contributed by atoms with Crippen LogP contribution in [0.4, 0.5) is 17.1 Å². The molecule has 322 valence electrons. The molecule has 69 heavy (non-hydrogen) atoms. The van der Waals surface area contributed by atoms with Crippen molar-refractivity contribution in [1.82, 2.24) is 0 Å². The second-order valence-corrected chi connectivity index (χ2v) is 18.0. The Kier molecular flexibility index (Phi) is 9.91. The number of hydrogen-bond donors (Lipinski definition) is 0. The highest BCUT2D eigenvalue weighted by molar-refractivity contribution is 6.28. The molecule has 1 nitrogen and oxygen atoms in total.